The van der Waals surface area contributed by atoms with E-state index in [0.29, 0.717) is 42.8 Å². The van der Waals surface area contributed by atoms with E-state index in [1.165, 1.54) is 33.9 Å². The molecule has 0 saturated heterocycles. The number of rotatable bonds is 3. The summed E-state index contributed by atoms with van der Waals surface area (Å²) >= 11 is 10.7. The minimum absolute atomic E-state index is 0.0938. The molecule has 0 aliphatic rings. The highest BCUT2D eigenvalue weighted by molar-refractivity contribution is 9.10. The molecule has 0 fully saturated rings. The predicted octanol–water partition coefficient (Wildman–Crippen LogP) is 4.44. The number of imidazole rings is 1. The maximum atomic E-state index is 12.9. The minimum atomic E-state index is -0.502. The van der Waals surface area contributed by atoms with Crippen molar-refractivity contribution in [3.8, 4) is 11.3 Å². The molecule has 1 aromatic carbocycles. The van der Waals surface area contributed by atoms with Crippen molar-refractivity contribution in [2.45, 2.75) is 0 Å². The van der Waals surface area contributed by atoms with Gasteiger partial charge in [-0.3, -0.25) is 14.9 Å². The number of nitro benzene ring substituents is 1. The highest BCUT2D eigenvalue weighted by atomic mass is 79.9. The Balaban J connectivity index is 1.60. The normalized spacial score (nSPS) is 12.3. The van der Waals surface area contributed by atoms with Gasteiger partial charge in [-0.2, -0.15) is 0 Å². The zero-order valence-corrected chi connectivity index (χ0v) is 17.9. The van der Waals surface area contributed by atoms with Gasteiger partial charge in [0.05, 0.1) is 9.95 Å². The highest BCUT2D eigenvalue weighted by Crippen LogP contribution is 2.32. The van der Waals surface area contributed by atoms with Crippen LogP contribution in [0.2, 0.25) is 5.02 Å². The fourth-order valence-electron chi connectivity index (χ4n) is 3.03. The third kappa shape index (κ3) is 3.09. The number of hydrogen-bond donors (Lipinski definition) is 0. The Morgan fingerprint density at radius 1 is 1.27 bits per heavy atom. The largest absolute Gasteiger partial charge is 0.457 e. The molecule has 8 nitrogen and oxygen atoms in total. The number of benzene rings is 1. The van der Waals surface area contributed by atoms with E-state index < -0.39 is 4.92 Å². The van der Waals surface area contributed by atoms with Crippen molar-refractivity contribution in [2.24, 2.45) is 0 Å². The standard InChI is InChI=1S/C19H8BrClN4O4S/c20-9-5-14-17(22-8-9)24-18(26)16(30-19(24)23-14)7-11-2-4-15(29-11)12-6-10(25(27)28)1-3-13(12)21/h1-8H/b16-7-. The Morgan fingerprint density at radius 2 is 2.10 bits per heavy atom. The summed E-state index contributed by atoms with van der Waals surface area (Å²) in [5.74, 6) is 0.773. The van der Waals surface area contributed by atoms with Gasteiger partial charge >= 0.3 is 0 Å². The lowest BCUT2D eigenvalue weighted by atomic mass is 10.1. The number of non-ortho nitro benzene ring substituents is 1. The molecule has 4 heterocycles. The van der Waals surface area contributed by atoms with E-state index in [-0.39, 0.29) is 11.2 Å². The SMILES string of the molecule is O=c1/c(=C/c2ccc(-c3cc([N+](=O)[O-])ccc3Cl)o2)sc2nc3cc(Br)cnc3n12. The molecule has 11 heteroatoms. The number of nitrogens with zero attached hydrogens (tertiary/aromatic N) is 4. The Hall–Kier alpha value is -3.08. The van der Waals surface area contributed by atoms with Crippen LogP contribution in [0.1, 0.15) is 5.76 Å². The van der Waals surface area contributed by atoms with Gasteiger partial charge in [-0.1, -0.05) is 22.9 Å². The molecular weight excluding hydrogens is 496 g/mol. The molecule has 148 valence electrons. The van der Waals surface area contributed by atoms with Crippen LogP contribution < -0.4 is 10.1 Å². The van der Waals surface area contributed by atoms with Crippen molar-refractivity contribution >= 4 is 66.8 Å². The lowest BCUT2D eigenvalue weighted by molar-refractivity contribution is -0.384. The van der Waals surface area contributed by atoms with Gasteiger partial charge in [-0.25, -0.2) is 14.4 Å². The van der Waals surface area contributed by atoms with E-state index in [1.54, 1.807) is 30.5 Å². The number of nitro groups is 1. The first-order chi connectivity index (χ1) is 14.4. The van der Waals surface area contributed by atoms with Gasteiger partial charge in [-0.15, -0.1) is 0 Å². The Kier molecular flexibility index (Phi) is 4.42. The molecule has 4 aromatic heterocycles. The molecule has 5 aromatic rings. The van der Waals surface area contributed by atoms with E-state index in [4.69, 9.17) is 16.0 Å². The van der Waals surface area contributed by atoms with Gasteiger partial charge in [0.2, 0.25) is 0 Å². The molecule has 0 unspecified atom stereocenters. The third-order valence-electron chi connectivity index (χ3n) is 4.37. The second-order valence-corrected chi connectivity index (χ2v) is 8.60. The third-order valence-corrected chi connectivity index (χ3v) is 6.11. The van der Waals surface area contributed by atoms with Gasteiger partial charge < -0.3 is 4.42 Å². The molecular formula is C19H8BrClN4O4S. The van der Waals surface area contributed by atoms with E-state index in [0.717, 1.165) is 4.47 Å². The van der Waals surface area contributed by atoms with Crippen molar-refractivity contribution in [1.29, 1.82) is 0 Å². The predicted molar refractivity (Wildman–Crippen MR) is 117 cm³/mol. The van der Waals surface area contributed by atoms with Crippen LogP contribution in [-0.4, -0.2) is 19.3 Å². The molecule has 30 heavy (non-hydrogen) atoms. The molecule has 0 amide bonds. The number of thiazole rings is 1. The number of fused-ring (bicyclic) bond motifs is 3. The van der Waals surface area contributed by atoms with Crippen LogP contribution in [0.15, 0.2) is 56.3 Å². The summed E-state index contributed by atoms with van der Waals surface area (Å²) in [6.07, 6.45) is 3.21. The summed E-state index contributed by atoms with van der Waals surface area (Å²) in [7, 11) is 0. The summed E-state index contributed by atoms with van der Waals surface area (Å²) in [6, 6.07) is 9.23. The number of halogens is 2. The number of aromatic nitrogens is 3. The highest BCUT2D eigenvalue weighted by Gasteiger charge is 2.15. The van der Waals surface area contributed by atoms with E-state index in [1.807, 2.05) is 0 Å². The van der Waals surface area contributed by atoms with E-state index >= 15 is 0 Å². The molecule has 0 aliphatic heterocycles. The Bertz CT molecular complexity index is 1590. The van der Waals surface area contributed by atoms with E-state index in [9.17, 15) is 14.9 Å². The summed E-state index contributed by atoms with van der Waals surface area (Å²) in [4.78, 5) is 32.6. The minimum Gasteiger partial charge on any atom is -0.457 e. The van der Waals surface area contributed by atoms with Crippen molar-refractivity contribution in [2.75, 3.05) is 0 Å². The maximum Gasteiger partial charge on any atom is 0.276 e. The summed E-state index contributed by atoms with van der Waals surface area (Å²) in [5, 5.41) is 11.4. The van der Waals surface area contributed by atoms with Crippen LogP contribution in [0.4, 0.5) is 5.69 Å². The second kappa shape index (κ2) is 7.01. The molecule has 0 saturated carbocycles. The fraction of sp³-hybridized carbons (Fsp3) is 0. The van der Waals surface area contributed by atoms with Gasteiger partial charge in [-0.05, 0) is 40.2 Å². The molecule has 0 bridgehead atoms. The number of pyridine rings is 1. The first-order valence-corrected chi connectivity index (χ1v) is 10.4. The van der Waals surface area contributed by atoms with Crippen LogP contribution >= 0.6 is 38.9 Å². The van der Waals surface area contributed by atoms with Crippen LogP contribution in [-0.2, 0) is 0 Å². The molecule has 0 aliphatic carbocycles. The lowest BCUT2D eigenvalue weighted by Gasteiger charge is -2.00. The number of furan rings is 1. The van der Waals surface area contributed by atoms with Crippen LogP contribution in [0.3, 0.4) is 0 Å². The van der Waals surface area contributed by atoms with Crippen molar-refractivity contribution in [3.05, 3.63) is 82.9 Å². The number of hydrogen-bond acceptors (Lipinski definition) is 7. The first kappa shape index (κ1) is 18.9. The molecule has 0 spiro atoms. The van der Waals surface area contributed by atoms with Crippen LogP contribution in [0.5, 0.6) is 0 Å². The lowest BCUT2D eigenvalue weighted by Crippen LogP contribution is -2.22. The molecule has 5 rings (SSSR count). The summed E-state index contributed by atoms with van der Waals surface area (Å²) < 4.78 is 8.44. The maximum absolute atomic E-state index is 12.9. The zero-order valence-electron chi connectivity index (χ0n) is 14.7. The molecule has 0 atom stereocenters. The van der Waals surface area contributed by atoms with Gasteiger partial charge in [0.1, 0.15) is 21.6 Å². The summed E-state index contributed by atoms with van der Waals surface area (Å²) in [6.45, 7) is 0. The van der Waals surface area contributed by atoms with E-state index in [2.05, 4.69) is 25.9 Å². The molecule has 0 radical (unpaired) electrons. The van der Waals surface area contributed by atoms with Crippen LogP contribution in [0, 0.1) is 10.1 Å². The fourth-order valence-corrected chi connectivity index (χ4v) is 4.52. The Labute approximate surface area is 184 Å². The van der Waals surface area contributed by atoms with Crippen molar-refractivity contribution in [3.63, 3.8) is 0 Å². The van der Waals surface area contributed by atoms with Crippen molar-refractivity contribution in [1.82, 2.24) is 14.4 Å². The monoisotopic (exact) mass is 502 g/mol. The van der Waals surface area contributed by atoms with Crippen molar-refractivity contribution < 1.29 is 9.34 Å². The van der Waals surface area contributed by atoms with Crippen LogP contribution in [0.25, 0.3) is 33.5 Å². The zero-order chi connectivity index (χ0) is 21.0. The second-order valence-electron chi connectivity index (χ2n) is 6.27. The average Bonchev–Trinajstić information content (AvgIpc) is 3.38. The molecule has 0 N–H and O–H groups in total. The van der Waals surface area contributed by atoms with Gasteiger partial charge in [0, 0.05) is 34.4 Å². The quantitative estimate of drug-likeness (QED) is 0.266. The van der Waals surface area contributed by atoms with Gasteiger partial charge in [0.15, 0.2) is 10.6 Å². The Morgan fingerprint density at radius 3 is 2.90 bits per heavy atom. The topological polar surface area (TPSA) is 104 Å². The first-order valence-electron chi connectivity index (χ1n) is 8.43. The average molecular weight is 504 g/mol. The van der Waals surface area contributed by atoms with Gasteiger partial charge in [0.25, 0.3) is 11.2 Å². The summed E-state index contributed by atoms with van der Waals surface area (Å²) in [5.41, 5.74) is 1.16. The smallest absolute Gasteiger partial charge is 0.276 e.